The summed E-state index contributed by atoms with van der Waals surface area (Å²) in [5.74, 6) is -0.855. The molecule has 0 unspecified atom stereocenters. The van der Waals surface area contributed by atoms with E-state index in [1.54, 1.807) is 6.07 Å². The van der Waals surface area contributed by atoms with Gasteiger partial charge in [0.1, 0.15) is 4.90 Å². The van der Waals surface area contributed by atoms with Gasteiger partial charge in [-0.3, -0.25) is 0 Å². The lowest BCUT2D eigenvalue weighted by Crippen LogP contribution is -2.25. The number of hydrogen-bond donors (Lipinski definition) is 1. The van der Waals surface area contributed by atoms with E-state index in [-0.39, 0.29) is 21.1 Å². The Morgan fingerprint density at radius 2 is 1.84 bits per heavy atom. The summed E-state index contributed by atoms with van der Waals surface area (Å²) in [4.78, 5) is -0.661. The van der Waals surface area contributed by atoms with Crippen LogP contribution in [0.2, 0.25) is 10.0 Å². The van der Waals surface area contributed by atoms with E-state index in [2.05, 4.69) is 25.4 Å². The lowest BCUT2D eigenvalue weighted by atomic mass is 10.2. The van der Waals surface area contributed by atoms with Crippen LogP contribution in [0.25, 0.3) is 0 Å². The molecule has 0 amide bonds. The number of sulfonamides is 1. The van der Waals surface area contributed by atoms with E-state index in [0.29, 0.717) is 5.56 Å². The topological polar surface area (TPSA) is 55.4 Å². The molecule has 0 saturated heterocycles. The molecule has 0 atom stereocenters. The van der Waals surface area contributed by atoms with Gasteiger partial charge >= 0.3 is 6.36 Å². The molecule has 25 heavy (non-hydrogen) atoms. The zero-order chi connectivity index (χ0) is 18.8. The molecule has 1 N–H and O–H groups in total. The average Bonchev–Trinajstić information content (AvgIpc) is 2.47. The number of alkyl halides is 3. The summed E-state index contributed by atoms with van der Waals surface area (Å²) < 4.78 is 68.4. The SMILES string of the molecule is O=S(=O)(NCc1cccc(Cl)c1Cl)c1ccc(Br)cc1OC(F)(F)F. The van der Waals surface area contributed by atoms with Gasteiger partial charge in [0.15, 0.2) is 5.75 Å². The zero-order valence-electron chi connectivity index (χ0n) is 12.1. The van der Waals surface area contributed by atoms with E-state index in [4.69, 9.17) is 23.2 Å². The van der Waals surface area contributed by atoms with Crippen molar-refractivity contribution in [2.75, 3.05) is 0 Å². The van der Waals surface area contributed by atoms with Gasteiger partial charge in [-0.25, -0.2) is 13.1 Å². The number of benzene rings is 2. The predicted octanol–water partition coefficient (Wildman–Crippen LogP) is 5.13. The highest BCUT2D eigenvalue weighted by atomic mass is 79.9. The maximum Gasteiger partial charge on any atom is 0.573 e. The first-order valence-corrected chi connectivity index (χ1v) is 9.50. The van der Waals surface area contributed by atoms with Gasteiger partial charge in [-0.15, -0.1) is 13.2 Å². The van der Waals surface area contributed by atoms with Crippen LogP contribution in [0.1, 0.15) is 5.56 Å². The summed E-state index contributed by atoms with van der Waals surface area (Å²) in [5, 5.41) is 0.373. The van der Waals surface area contributed by atoms with Crippen LogP contribution in [0.3, 0.4) is 0 Å². The zero-order valence-corrected chi connectivity index (χ0v) is 16.0. The molecule has 2 aromatic rings. The Bertz CT molecular complexity index is 891. The Hall–Kier alpha value is -1.00. The molecular weight excluding hydrogens is 470 g/mol. The van der Waals surface area contributed by atoms with Crippen molar-refractivity contribution < 1.29 is 26.3 Å². The van der Waals surface area contributed by atoms with Gasteiger partial charge in [-0.1, -0.05) is 51.3 Å². The molecule has 0 aromatic heterocycles. The highest BCUT2D eigenvalue weighted by molar-refractivity contribution is 9.10. The monoisotopic (exact) mass is 477 g/mol. The number of ether oxygens (including phenoxy) is 1. The van der Waals surface area contributed by atoms with Crippen molar-refractivity contribution in [1.29, 1.82) is 0 Å². The molecule has 2 rings (SSSR count). The molecular formula is C14H9BrCl2F3NO3S. The summed E-state index contributed by atoms with van der Waals surface area (Å²) in [6.45, 7) is -0.261. The maximum atomic E-state index is 12.5. The second-order valence-corrected chi connectivity index (χ2v) is 8.11. The average molecular weight is 479 g/mol. The summed E-state index contributed by atoms with van der Waals surface area (Å²) in [5.41, 5.74) is 0.369. The van der Waals surface area contributed by atoms with Crippen LogP contribution in [-0.2, 0) is 16.6 Å². The van der Waals surface area contributed by atoms with Crippen LogP contribution in [0.15, 0.2) is 45.8 Å². The lowest BCUT2D eigenvalue weighted by molar-refractivity contribution is -0.275. The van der Waals surface area contributed by atoms with Gasteiger partial charge in [0.2, 0.25) is 10.0 Å². The second-order valence-electron chi connectivity index (χ2n) is 4.68. The number of halogens is 6. The highest BCUT2D eigenvalue weighted by Gasteiger charge is 2.34. The van der Waals surface area contributed by atoms with Gasteiger partial charge in [0.25, 0.3) is 0 Å². The standard InChI is InChI=1S/C14H9BrCl2F3NO3S/c15-9-4-5-12(11(6-9)24-14(18,19)20)25(22,23)21-7-8-2-1-3-10(16)13(8)17/h1-6,21H,7H2. The van der Waals surface area contributed by atoms with Crippen LogP contribution < -0.4 is 9.46 Å². The Kier molecular flexibility index (Phi) is 6.26. The van der Waals surface area contributed by atoms with Crippen molar-refractivity contribution in [3.05, 3.63) is 56.5 Å². The third kappa shape index (κ3) is 5.49. The lowest BCUT2D eigenvalue weighted by Gasteiger charge is -2.15. The Balaban J connectivity index is 2.32. The van der Waals surface area contributed by atoms with Gasteiger partial charge < -0.3 is 4.74 Å². The molecule has 4 nitrogen and oxygen atoms in total. The van der Waals surface area contributed by atoms with E-state index >= 15 is 0 Å². The number of rotatable bonds is 5. The quantitative estimate of drug-likeness (QED) is 0.647. The summed E-state index contributed by atoms with van der Waals surface area (Å²) in [6.07, 6.45) is -5.04. The minimum atomic E-state index is -5.04. The fraction of sp³-hybridized carbons (Fsp3) is 0.143. The summed E-state index contributed by atoms with van der Waals surface area (Å²) in [7, 11) is -4.31. The van der Waals surface area contributed by atoms with Crippen molar-refractivity contribution in [3.8, 4) is 5.75 Å². The minimum Gasteiger partial charge on any atom is -0.404 e. The fourth-order valence-electron chi connectivity index (χ4n) is 1.84. The summed E-state index contributed by atoms with van der Waals surface area (Å²) >= 11 is 14.8. The van der Waals surface area contributed by atoms with Crippen molar-refractivity contribution in [2.45, 2.75) is 17.8 Å². The molecule has 0 radical (unpaired) electrons. The largest absolute Gasteiger partial charge is 0.573 e. The van der Waals surface area contributed by atoms with Gasteiger partial charge in [0.05, 0.1) is 10.0 Å². The maximum absolute atomic E-state index is 12.5. The van der Waals surface area contributed by atoms with Gasteiger partial charge in [-0.2, -0.15) is 0 Å². The van der Waals surface area contributed by atoms with E-state index < -0.39 is 27.0 Å². The molecule has 0 bridgehead atoms. The first-order chi connectivity index (χ1) is 11.5. The number of hydrogen-bond acceptors (Lipinski definition) is 3. The minimum absolute atomic E-state index is 0.148. The first kappa shape index (κ1) is 20.3. The van der Waals surface area contributed by atoms with E-state index in [0.717, 1.165) is 12.1 Å². The van der Waals surface area contributed by atoms with Gasteiger partial charge in [0, 0.05) is 11.0 Å². The molecule has 0 spiro atoms. The van der Waals surface area contributed by atoms with E-state index in [1.807, 2.05) is 0 Å². The second kappa shape index (κ2) is 7.71. The smallest absolute Gasteiger partial charge is 0.404 e. The van der Waals surface area contributed by atoms with Gasteiger partial charge in [-0.05, 0) is 29.8 Å². The first-order valence-electron chi connectivity index (χ1n) is 6.47. The Morgan fingerprint density at radius 3 is 2.48 bits per heavy atom. The molecule has 0 heterocycles. The number of nitrogens with one attached hydrogen (secondary N) is 1. The van der Waals surface area contributed by atoms with E-state index in [1.165, 1.54) is 18.2 Å². The molecule has 0 aliphatic heterocycles. The van der Waals surface area contributed by atoms with Crippen molar-refractivity contribution in [3.63, 3.8) is 0 Å². The highest BCUT2D eigenvalue weighted by Crippen LogP contribution is 2.32. The fourth-order valence-corrected chi connectivity index (χ4v) is 3.68. The Labute approximate surface area is 160 Å². The predicted molar refractivity (Wildman–Crippen MR) is 91.3 cm³/mol. The Morgan fingerprint density at radius 1 is 1.16 bits per heavy atom. The van der Waals surface area contributed by atoms with Crippen LogP contribution in [0, 0.1) is 0 Å². The summed E-state index contributed by atoms with van der Waals surface area (Å²) in [6, 6.07) is 7.80. The third-order valence-corrected chi connectivity index (χ3v) is 5.70. The van der Waals surface area contributed by atoms with Crippen molar-refractivity contribution in [1.82, 2.24) is 4.72 Å². The van der Waals surface area contributed by atoms with Crippen LogP contribution in [-0.4, -0.2) is 14.8 Å². The molecule has 0 aliphatic carbocycles. The third-order valence-electron chi connectivity index (χ3n) is 2.91. The molecule has 0 fully saturated rings. The van der Waals surface area contributed by atoms with Crippen molar-refractivity contribution in [2.24, 2.45) is 0 Å². The van der Waals surface area contributed by atoms with Crippen molar-refractivity contribution >= 4 is 49.2 Å². The van der Waals surface area contributed by atoms with E-state index in [9.17, 15) is 21.6 Å². The van der Waals surface area contributed by atoms with Crippen LogP contribution >= 0.6 is 39.1 Å². The normalized spacial score (nSPS) is 12.2. The molecule has 11 heteroatoms. The van der Waals surface area contributed by atoms with Crippen LogP contribution in [0.4, 0.5) is 13.2 Å². The van der Waals surface area contributed by atoms with Crippen LogP contribution in [0.5, 0.6) is 5.75 Å². The molecule has 2 aromatic carbocycles. The molecule has 0 saturated carbocycles. The molecule has 136 valence electrons. The molecule has 0 aliphatic rings.